The van der Waals surface area contributed by atoms with Crippen LogP contribution in [0.25, 0.3) is 5.82 Å². The highest BCUT2D eigenvalue weighted by molar-refractivity contribution is 5.94. The van der Waals surface area contributed by atoms with E-state index in [0.29, 0.717) is 36.7 Å². The Kier molecular flexibility index (Phi) is 6.76. The van der Waals surface area contributed by atoms with Crippen molar-refractivity contribution in [3.05, 3.63) is 41.5 Å². The van der Waals surface area contributed by atoms with Crippen molar-refractivity contribution in [2.24, 2.45) is 5.41 Å². The smallest absolute Gasteiger partial charge is 0.336 e. The fourth-order valence-corrected chi connectivity index (χ4v) is 5.59. The van der Waals surface area contributed by atoms with Crippen LogP contribution in [0.3, 0.4) is 0 Å². The lowest BCUT2D eigenvalue weighted by Crippen LogP contribution is -2.46. The summed E-state index contributed by atoms with van der Waals surface area (Å²) in [6.07, 6.45) is 7.22. The number of tetrazole rings is 1. The number of likely N-dealkylation sites (N-methyl/N-ethyl adjacent to an activating group) is 1. The van der Waals surface area contributed by atoms with Crippen molar-refractivity contribution in [3.8, 4) is 5.82 Å². The number of hydrogen-bond donors (Lipinski definition) is 0. The van der Waals surface area contributed by atoms with Gasteiger partial charge in [0.15, 0.2) is 5.82 Å². The summed E-state index contributed by atoms with van der Waals surface area (Å²) >= 11 is 0. The van der Waals surface area contributed by atoms with E-state index in [-0.39, 0.29) is 30.4 Å². The van der Waals surface area contributed by atoms with E-state index in [9.17, 15) is 14.4 Å². The zero-order valence-electron chi connectivity index (χ0n) is 21.5. The lowest BCUT2D eigenvalue weighted by molar-refractivity contribution is -0.139. The molecule has 1 saturated heterocycles. The number of aromatic nitrogens is 5. The van der Waals surface area contributed by atoms with Gasteiger partial charge in [-0.2, -0.15) is 4.68 Å². The molecule has 0 atom stereocenters. The summed E-state index contributed by atoms with van der Waals surface area (Å²) in [5.74, 6) is 0.425. The minimum Gasteiger partial charge on any atom is -0.456 e. The number of cyclic esters (lactones) is 1. The third kappa shape index (κ3) is 4.85. The minimum atomic E-state index is -0.401. The molecule has 2 aromatic rings. The predicted molar refractivity (Wildman–Crippen MR) is 131 cm³/mol. The highest BCUT2D eigenvalue weighted by Crippen LogP contribution is 2.47. The molecule has 0 bridgehead atoms. The number of hydrogen-bond acceptors (Lipinski definition) is 9. The molecule has 0 aromatic carbocycles. The van der Waals surface area contributed by atoms with Crippen LogP contribution in [-0.2, 0) is 25.7 Å². The topological polar surface area (TPSA) is 127 Å². The molecule has 2 fully saturated rings. The molecule has 1 spiro atoms. The number of ether oxygens (including phenoxy) is 1. The maximum Gasteiger partial charge on any atom is 0.336 e. The Bertz CT molecular complexity index is 1200. The first-order chi connectivity index (χ1) is 17.8. The van der Waals surface area contributed by atoms with Gasteiger partial charge in [-0.05, 0) is 61.1 Å². The van der Waals surface area contributed by atoms with E-state index < -0.39 is 5.41 Å². The number of carbonyl (C=O) groups excluding carboxylic acids is 3. The Morgan fingerprint density at radius 2 is 1.97 bits per heavy atom. The molecule has 0 N–H and O–H groups in total. The molecule has 12 nitrogen and oxygen atoms in total. The number of carbonyl (C=O) groups is 3. The number of esters is 1. The van der Waals surface area contributed by atoms with Crippen molar-refractivity contribution < 1.29 is 19.1 Å². The Morgan fingerprint density at radius 3 is 2.57 bits per heavy atom. The number of amides is 2. The summed E-state index contributed by atoms with van der Waals surface area (Å²) in [6, 6.07) is 4.00. The van der Waals surface area contributed by atoms with Gasteiger partial charge < -0.3 is 14.5 Å². The quantitative estimate of drug-likeness (QED) is 0.502. The molecule has 1 aliphatic carbocycles. The fourth-order valence-electron chi connectivity index (χ4n) is 5.59. The van der Waals surface area contributed by atoms with Gasteiger partial charge in [-0.25, -0.2) is 9.78 Å². The first-order valence-corrected chi connectivity index (χ1v) is 12.6. The predicted octanol–water partition coefficient (Wildman–Crippen LogP) is 0.940. The van der Waals surface area contributed by atoms with E-state index in [1.807, 2.05) is 12.1 Å². The number of nitrogens with zero attached hydrogens (tertiary/aromatic N) is 8. The van der Waals surface area contributed by atoms with Gasteiger partial charge in [0.25, 0.3) is 0 Å². The Morgan fingerprint density at radius 1 is 1.19 bits per heavy atom. The molecule has 2 aromatic heterocycles. The van der Waals surface area contributed by atoms with E-state index >= 15 is 0 Å². The molecule has 5 rings (SSSR count). The number of likely N-dealkylation sites (tertiary alicyclic amines) is 1. The van der Waals surface area contributed by atoms with Crippen molar-refractivity contribution in [2.45, 2.75) is 51.6 Å². The van der Waals surface area contributed by atoms with Gasteiger partial charge in [-0.15, -0.1) is 5.10 Å². The molecule has 4 heterocycles. The lowest BCUT2D eigenvalue weighted by atomic mass is 9.71. The van der Waals surface area contributed by atoms with Crippen LogP contribution in [0.5, 0.6) is 0 Å². The van der Waals surface area contributed by atoms with Crippen LogP contribution in [0.4, 0.5) is 0 Å². The number of pyridine rings is 1. The normalized spacial score (nSPS) is 23.9. The second-order valence-electron chi connectivity index (χ2n) is 10.3. The van der Waals surface area contributed by atoms with Crippen molar-refractivity contribution >= 4 is 17.8 Å². The molecule has 2 aliphatic heterocycles. The molecule has 196 valence electrons. The van der Waals surface area contributed by atoms with E-state index in [4.69, 9.17) is 4.74 Å². The first-order valence-electron chi connectivity index (χ1n) is 12.6. The molecular weight excluding hydrogens is 476 g/mol. The SMILES string of the molecule is CC1=C(N2CC[C@]3(CC[C@H](N(CC(=O)N(C)C)Cc4ccc(-n5cnnn5)nc4)CC3)C2=O)COC1=O. The summed E-state index contributed by atoms with van der Waals surface area (Å²) in [5.41, 5.74) is 1.83. The molecule has 2 amide bonds. The third-order valence-corrected chi connectivity index (χ3v) is 7.96. The molecule has 1 saturated carbocycles. The molecule has 3 aliphatic rings. The lowest BCUT2D eigenvalue weighted by Gasteiger charge is -2.41. The average Bonchev–Trinajstić information content (AvgIpc) is 3.62. The van der Waals surface area contributed by atoms with Crippen molar-refractivity contribution in [1.82, 2.24) is 39.9 Å². The third-order valence-electron chi connectivity index (χ3n) is 7.96. The maximum absolute atomic E-state index is 13.5. The molecular formula is C25H32N8O4. The van der Waals surface area contributed by atoms with E-state index in [1.54, 1.807) is 37.0 Å². The van der Waals surface area contributed by atoms with Gasteiger partial charge in [-0.1, -0.05) is 6.07 Å². The van der Waals surface area contributed by atoms with Gasteiger partial charge in [0, 0.05) is 39.4 Å². The standard InChI is InChI=1S/C25H32N8O4/c1-17-20(15-37-23(17)35)32-11-10-25(24(32)36)8-6-19(7-9-25)31(14-22(34)30(2)3)13-18-4-5-21(26-12-18)33-16-27-28-29-33/h4-5,12,16,19H,6-11,13-15H2,1-3H3/t19-,25+. The summed E-state index contributed by atoms with van der Waals surface area (Å²) in [6.45, 7) is 3.39. The van der Waals surface area contributed by atoms with Crippen molar-refractivity contribution in [2.75, 3.05) is 33.8 Å². The monoisotopic (exact) mass is 508 g/mol. The summed E-state index contributed by atoms with van der Waals surface area (Å²) in [7, 11) is 3.53. The van der Waals surface area contributed by atoms with Gasteiger partial charge in [0.1, 0.15) is 12.9 Å². The second kappa shape index (κ2) is 10.0. The highest BCUT2D eigenvalue weighted by atomic mass is 16.5. The van der Waals surface area contributed by atoms with Gasteiger partial charge in [0.05, 0.1) is 23.2 Å². The summed E-state index contributed by atoms with van der Waals surface area (Å²) in [4.78, 5) is 48.1. The van der Waals surface area contributed by atoms with Crippen LogP contribution < -0.4 is 0 Å². The van der Waals surface area contributed by atoms with Crippen LogP contribution >= 0.6 is 0 Å². The summed E-state index contributed by atoms with van der Waals surface area (Å²) < 4.78 is 6.63. The van der Waals surface area contributed by atoms with Gasteiger partial charge in [-0.3, -0.25) is 14.5 Å². The first kappa shape index (κ1) is 25.0. The fraction of sp³-hybridized carbons (Fsp3) is 0.560. The molecule has 0 unspecified atom stereocenters. The minimum absolute atomic E-state index is 0.0370. The Labute approximate surface area is 215 Å². The highest BCUT2D eigenvalue weighted by Gasteiger charge is 2.50. The Balaban J connectivity index is 1.27. The van der Waals surface area contributed by atoms with Crippen LogP contribution in [0.15, 0.2) is 35.9 Å². The van der Waals surface area contributed by atoms with Crippen LogP contribution in [-0.4, -0.2) is 97.5 Å². The Hall–Kier alpha value is -3.67. The zero-order valence-corrected chi connectivity index (χ0v) is 21.5. The van der Waals surface area contributed by atoms with Crippen molar-refractivity contribution in [3.63, 3.8) is 0 Å². The maximum atomic E-state index is 13.5. The van der Waals surface area contributed by atoms with E-state index in [0.717, 1.165) is 37.7 Å². The van der Waals surface area contributed by atoms with Crippen LogP contribution in [0.1, 0.15) is 44.6 Å². The van der Waals surface area contributed by atoms with Gasteiger partial charge >= 0.3 is 5.97 Å². The molecule has 37 heavy (non-hydrogen) atoms. The zero-order chi connectivity index (χ0) is 26.2. The van der Waals surface area contributed by atoms with E-state index in [1.165, 1.54) is 11.0 Å². The average molecular weight is 509 g/mol. The largest absolute Gasteiger partial charge is 0.456 e. The van der Waals surface area contributed by atoms with Crippen LogP contribution in [0.2, 0.25) is 0 Å². The van der Waals surface area contributed by atoms with Crippen LogP contribution in [0, 0.1) is 5.41 Å². The summed E-state index contributed by atoms with van der Waals surface area (Å²) in [5, 5.41) is 11.1. The number of rotatable bonds is 7. The van der Waals surface area contributed by atoms with Gasteiger partial charge in [0.2, 0.25) is 11.8 Å². The second-order valence-corrected chi connectivity index (χ2v) is 10.3. The van der Waals surface area contributed by atoms with Crippen molar-refractivity contribution in [1.29, 1.82) is 0 Å². The molecule has 0 radical (unpaired) electrons. The van der Waals surface area contributed by atoms with E-state index in [2.05, 4.69) is 25.4 Å². The molecule has 12 heteroatoms.